The van der Waals surface area contributed by atoms with Crippen LogP contribution in [0.2, 0.25) is 0 Å². The third-order valence-electron chi connectivity index (χ3n) is 4.98. The summed E-state index contributed by atoms with van der Waals surface area (Å²) < 4.78 is 6.35. The van der Waals surface area contributed by atoms with Crippen molar-refractivity contribution in [1.82, 2.24) is 24.8 Å². The van der Waals surface area contributed by atoms with Gasteiger partial charge in [-0.3, -0.25) is 19.1 Å². The van der Waals surface area contributed by atoms with Crippen molar-refractivity contribution in [3.63, 3.8) is 0 Å². The first-order valence-corrected chi connectivity index (χ1v) is 10.1. The molecule has 0 spiro atoms. The number of aliphatic hydroxyl groups is 3. The molecule has 0 radical (unpaired) electrons. The highest BCUT2D eigenvalue weighted by atomic mass is 16.6. The third-order valence-corrected chi connectivity index (χ3v) is 4.98. The van der Waals surface area contributed by atoms with Crippen molar-refractivity contribution in [2.75, 3.05) is 13.2 Å². The number of aromatic nitrogens is 4. The van der Waals surface area contributed by atoms with Crippen molar-refractivity contribution in [2.45, 2.75) is 50.2 Å². The first-order chi connectivity index (χ1) is 15.4. The maximum atomic E-state index is 12.1. The summed E-state index contributed by atoms with van der Waals surface area (Å²) in [5.74, 6) is 5.54. The van der Waals surface area contributed by atoms with Gasteiger partial charge in [-0.05, 0) is 12.8 Å². The highest BCUT2D eigenvalue weighted by molar-refractivity contribution is 5.78. The van der Waals surface area contributed by atoms with Crippen LogP contribution in [0.3, 0.4) is 0 Å². The number of rotatable bonds is 8. The monoisotopic (exact) mass is 447 g/mol. The van der Waals surface area contributed by atoms with E-state index in [1.54, 1.807) is 6.20 Å². The molecule has 1 aliphatic rings. The average Bonchev–Trinajstić information content (AvgIpc) is 3.37. The van der Waals surface area contributed by atoms with Gasteiger partial charge in [0, 0.05) is 24.4 Å². The second-order valence-electron chi connectivity index (χ2n) is 7.27. The van der Waals surface area contributed by atoms with Crippen LogP contribution in [0.15, 0.2) is 28.3 Å². The number of nitrogens with one attached hydrogen (secondary N) is 3. The number of ether oxygens (including phenoxy) is 1. The Bertz CT molecular complexity index is 1080. The Balaban J connectivity index is 1.50. The number of aryl methyl sites for hydroxylation is 1. The molecule has 12 heteroatoms. The number of hydrogen-bond donors (Lipinski definition) is 6. The number of hydrogen-bond acceptors (Lipinski definition) is 8. The van der Waals surface area contributed by atoms with Crippen LogP contribution in [-0.2, 0) is 22.4 Å². The topological polar surface area (TPSA) is 183 Å². The van der Waals surface area contributed by atoms with E-state index in [1.807, 2.05) is 0 Å². The van der Waals surface area contributed by atoms with E-state index in [0.717, 1.165) is 4.57 Å². The van der Waals surface area contributed by atoms with Gasteiger partial charge in [-0.15, -0.1) is 5.92 Å². The molecule has 2 aromatic heterocycles. The minimum absolute atomic E-state index is 0.166. The number of aliphatic hydroxyl groups excluding tert-OH is 3. The lowest BCUT2D eigenvalue weighted by atomic mass is 10.1. The Hall–Kier alpha value is -3.24. The fourth-order valence-electron chi connectivity index (χ4n) is 3.28. The lowest BCUT2D eigenvalue weighted by Crippen LogP contribution is -2.38. The van der Waals surface area contributed by atoms with Gasteiger partial charge in [0.05, 0.1) is 31.6 Å². The normalized spacial score (nSPS) is 22.3. The number of carbonyl (C=O) groups excluding carboxylic acids is 1. The highest BCUT2D eigenvalue weighted by Gasteiger charge is 2.43. The summed E-state index contributed by atoms with van der Waals surface area (Å²) >= 11 is 0. The quantitative estimate of drug-likeness (QED) is 0.190. The summed E-state index contributed by atoms with van der Waals surface area (Å²) in [6, 6.07) is 0. The molecule has 0 aromatic carbocycles. The maximum absolute atomic E-state index is 12.1. The first kappa shape index (κ1) is 23.4. The van der Waals surface area contributed by atoms with Crippen molar-refractivity contribution >= 4 is 5.91 Å². The molecule has 1 saturated heterocycles. The summed E-state index contributed by atoms with van der Waals surface area (Å²) in [5, 5.41) is 31.9. The average molecular weight is 447 g/mol. The molecular formula is C20H25N5O7. The Morgan fingerprint density at radius 2 is 2.09 bits per heavy atom. The zero-order valence-electron chi connectivity index (χ0n) is 17.2. The van der Waals surface area contributed by atoms with Crippen LogP contribution in [0.4, 0.5) is 0 Å². The van der Waals surface area contributed by atoms with Crippen LogP contribution >= 0.6 is 0 Å². The predicted octanol–water partition coefficient (Wildman–Crippen LogP) is -2.44. The molecule has 0 aliphatic carbocycles. The summed E-state index contributed by atoms with van der Waals surface area (Å²) in [5.41, 5.74) is -0.425. The second kappa shape index (κ2) is 10.9. The molecule has 172 valence electrons. The van der Waals surface area contributed by atoms with E-state index < -0.39 is 42.4 Å². The molecule has 3 rings (SSSR count). The standard InChI is InChI=1S/C20H25N5O7/c26-10-14-16(28)17(29)19(32-14)25-9-12(18(30)24-20(25)31)5-3-1-2-4-6-22-15(27)7-13-8-21-11-23-13/h8-9,11,14,16-17,19,26,28-29H,1,3,5-7,10H2,(H,21,23)(H,22,27)(H,24,30,31)/t14-,16-,17-,19-/m1/s1. The lowest BCUT2D eigenvalue weighted by molar-refractivity contribution is -0.120. The molecule has 0 bridgehead atoms. The van der Waals surface area contributed by atoms with Crippen LogP contribution in [0, 0.1) is 11.8 Å². The fourth-order valence-corrected chi connectivity index (χ4v) is 3.28. The molecule has 2 aromatic rings. The molecular weight excluding hydrogens is 422 g/mol. The smallest absolute Gasteiger partial charge is 0.330 e. The van der Waals surface area contributed by atoms with Gasteiger partial charge in [0.15, 0.2) is 6.23 Å². The number of aromatic amines is 2. The van der Waals surface area contributed by atoms with E-state index in [2.05, 4.69) is 32.1 Å². The SMILES string of the molecule is O=C(Cc1c[nH]cn1)NCC#CCCCc1cn([C@@H]2O[C@H](CO)[C@@H](O)[C@H]2O)c(=O)[nH]c1=O. The molecule has 6 N–H and O–H groups in total. The fraction of sp³-hybridized carbons (Fsp3) is 0.500. The molecule has 3 heterocycles. The maximum Gasteiger partial charge on any atom is 0.330 e. The number of H-pyrrole nitrogens is 2. The molecule has 1 aliphatic heterocycles. The van der Waals surface area contributed by atoms with Gasteiger partial charge in [-0.2, -0.15) is 0 Å². The van der Waals surface area contributed by atoms with Gasteiger partial charge in [-0.25, -0.2) is 9.78 Å². The van der Waals surface area contributed by atoms with Crippen molar-refractivity contribution in [2.24, 2.45) is 0 Å². The van der Waals surface area contributed by atoms with E-state index in [-0.39, 0.29) is 24.4 Å². The van der Waals surface area contributed by atoms with Crippen LogP contribution < -0.4 is 16.6 Å². The zero-order chi connectivity index (χ0) is 23.1. The number of unbranched alkanes of at least 4 members (excludes halogenated alkanes) is 1. The Morgan fingerprint density at radius 3 is 2.78 bits per heavy atom. The van der Waals surface area contributed by atoms with Crippen LogP contribution in [0.1, 0.15) is 30.3 Å². The Kier molecular flexibility index (Phi) is 7.96. The largest absolute Gasteiger partial charge is 0.394 e. The molecule has 12 nitrogen and oxygen atoms in total. The van der Waals surface area contributed by atoms with Crippen molar-refractivity contribution in [3.05, 3.63) is 50.8 Å². The van der Waals surface area contributed by atoms with Gasteiger partial charge in [0.2, 0.25) is 5.91 Å². The molecule has 1 amide bonds. The van der Waals surface area contributed by atoms with Gasteiger partial charge in [0.1, 0.15) is 18.3 Å². The summed E-state index contributed by atoms with van der Waals surface area (Å²) in [4.78, 5) is 44.9. The van der Waals surface area contributed by atoms with Gasteiger partial charge >= 0.3 is 5.69 Å². The first-order valence-electron chi connectivity index (χ1n) is 10.1. The van der Waals surface area contributed by atoms with Crippen LogP contribution in [0.5, 0.6) is 0 Å². The molecule has 32 heavy (non-hydrogen) atoms. The van der Waals surface area contributed by atoms with Gasteiger partial charge in [-0.1, -0.05) is 5.92 Å². The van der Waals surface area contributed by atoms with E-state index in [4.69, 9.17) is 4.74 Å². The van der Waals surface area contributed by atoms with Gasteiger partial charge < -0.3 is 30.4 Å². The van der Waals surface area contributed by atoms with Crippen LogP contribution in [-0.4, -0.2) is 72.2 Å². The van der Waals surface area contributed by atoms with Crippen molar-refractivity contribution in [3.8, 4) is 11.8 Å². The summed E-state index contributed by atoms with van der Waals surface area (Å²) in [7, 11) is 0. The number of nitrogens with zero attached hydrogens (tertiary/aromatic N) is 2. The molecule has 1 fully saturated rings. The molecule has 4 atom stereocenters. The summed E-state index contributed by atoms with van der Waals surface area (Å²) in [6.07, 6.45) is 0.823. The zero-order valence-corrected chi connectivity index (χ0v) is 17.2. The lowest BCUT2D eigenvalue weighted by Gasteiger charge is -2.17. The van der Waals surface area contributed by atoms with Crippen LogP contribution in [0.25, 0.3) is 0 Å². The van der Waals surface area contributed by atoms with Crippen molar-refractivity contribution < 1.29 is 24.9 Å². The predicted molar refractivity (Wildman–Crippen MR) is 110 cm³/mol. The number of carbonyl (C=O) groups is 1. The third kappa shape index (κ3) is 5.71. The molecule has 0 saturated carbocycles. The number of amides is 1. The second-order valence-corrected chi connectivity index (χ2v) is 7.27. The van der Waals surface area contributed by atoms with E-state index >= 15 is 0 Å². The van der Waals surface area contributed by atoms with E-state index in [9.17, 15) is 29.7 Å². The van der Waals surface area contributed by atoms with Gasteiger partial charge in [0.25, 0.3) is 5.56 Å². The summed E-state index contributed by atoms with van der Waals surface area (Å²) in [6.45, 7) is -0.332. The number of imidazole rings is 1. The Morgan fingerprint density at radius 1 is 1.28 bits per heavy atom. The van der Waals surface area contributed by atoms with E-state index in [1.165, 1.54) is 12.5 Å². The Labute approximate surface area is 182 Å². The minimum atomic E-state index is -1.43. The van der Waals surface area contributed by atoms with E-state index in [0.29, 0.717) is 25.0 Å². The van der Waals surface area contributed by atoms with Crippen molar-refractivity contribution in [1.29, 1.82) is 0 Å². The minimum Gasteiger partial charge on any atom is -0.394 e. The highest BCUT2D eigenvalue weighted by Crippen LogP contribution is 2.28. The molecule has 0 unspecified atom stereocenters.